The fourth-order valence-corrected chi connectivity index (χ4v) is 0.492. The largest absolute Gasteiger partial charge is 0.397 e. The third kappa shape index (κ3) is 72.5. The van der Waals surface area contributed by atoms with Gasteiger partial charge in [0.25, 0.3) is 0 Å². The molecule has 1 aliphatic rings. The van der Waals surface area contributed by atoms with E-state index < -0.39 is 0 Å². The van der Waals surface area contributed by atoms with Crippen molar-refractivity contribution >= 4 is 0 Å². The maximum Gasteiger partial charge on any atom is 0.0402 e. The number of hydrogen-bond acceptors (Lipinski definition) is 2. The number of rotatable bonds is 0. The predicted molar refractivity (Wildman–Crippen MR) is 84.8 cm³/mol. The molecule has 0 saturated heterocycles. The van der Waals surface area contributed by atoms with Gasteiger partial charge in [-0.2, -0.15) is 0 Å². The first-order valence-electron chi connectivity index (χ1n) is 4.12. The summed E-state index contributed by atoms with van der Waals surface area (Å²) in [4.78, 5) is 0. The topological polar surface area (TPSA) is 40.5 Å². The van der Waals surface area contributed by atoms with Crippen LogP contribution >= 0.6 is 0 Å². The van der Waals surface area contributed by atoms with Crippen LogP contribution in [0.4, 0.5) is 0 Å². The molecule has 0 amide bonds. The Labute approximate surface area is 137 Å². The first-order valence-corrected chi connectivity index (χ1v) is 4.12. The van der Waals surface area contributed by atoms with Gasteiger partial charge < -0.3 is 47.3 Å². The summed E-state index contributed by atoms with van der Waals surface area (Å²) in [6, 6.07) is 0. The van der Waals surface area contributed by atoms with E-state index >= 15 is 0 Å². The molecule has 0 unspecified atom stereocenters. The van der Waals surface area contributed by atoms with Crippen LogP contribution < -0.4 is 0 Å². The second-order valence-electron chi connectivity index (χ2n) is 2.09. The van der Waals surface area contributed by atoms with Crippen LogP contribution in [-0.2, 0) is 26.2 Å². The molecule has 0 aromatic heterocycles. The molecule has 0 radical (unpaired) electrons. The van der Waals surface area contributed by atoms with Crippen molar-refractivity contribution in [2.75, 3.05) is 13.2 Å². The van der Waals surface area contributed by atoms with Gasteiger partial charge in [0.2, 0.25) is 0 Å². The third-order valence-corrected chi connectivity index (χ3v) is 0.848. The normalized spacial score (nSPS) is 8.11. The van der Waals surface area contributed by atoms with Gasteiger partial charge in [-0.15, -0.1) is 12.2 Å². The molecular weight excluding hydrogens is 303 g/mol. The molecule has 0 atom stereocenters. The second-order valence-corrected chi connectivity index (χ2v) is 2.09. The molecule has 0 aliphatic heterocycles. The molecule has 0 bridgehead atoms. The van der Waals surface area contributed by atoms with Crippen molar-refractivity contribution in [3.8, 4) is 0 Å². The zero-order valence-corrected chi connectivity index (χ0v) is 15.9. The smallest absolute Gasteiger partial charge is 0.0402 e. The van der Waals surface area contributed by atoms with Gasteiger partial charge in [-0.05, 0) is 20.3 Å². The molecule has 1 aliphatic carbocycles. The van der Waals surface area contributed by atoms with Crippen molar-refractivity contribution < 1.29 is 36.4 Å². The minimum Gasteiger partial charge on any atom is -0.397 e. The van der Waals surface area contributed by atoms with Crippen LogP contribution in [0.3, 0.4) is 0 Å². The quantitative estimate of drug-likeness (QED) is 0.657. The third-order valence-electron chi connectivity index (χ3n) is 0.848. The van der Waals surface area contributed by atoms with Crippen LogP contribution in [0.15, 0.2) is 23.8 Å². The van der Waals surface area contributed by atoms with Gasteiger partial charge in [0.05, 0.1) is 0 Å². The van der Waals surface area contributed by atoms with Gasteiger partial charge in [-0.1, -0.05) is 0 Å². The summed E-state index contributed by atoms with van der Waals surface area (Å²) in [5, 5.41) is 15.1. The minimum atomic E-state index is 0. The molecule has 1 rings (SSSR count). The molecule has 0 aromatic carbocycles. The average molecular weight is 338 g/mol. The number of aliphatic hydroxyl groups is 2. The Balaban J connectivity index is -0.0000000128. The Morgan fingerprint density at radius 1 is 1.00 bits per heavy atom. The Hall–Kier alpha value is 0.153. The molecule has 0 aromatic rings. The summed E-state index contributed by atoms with van der Waals surface area (Å²) >= 11 is 0. The summed E-state index contributed by atoms with van der Waals surface area (Å²) in [5.41, 5.74) is 1.22. The van der Waals surface area contributed by atoms with E-state index in [0.717, 1.165) is 6.42 Å². The van der Waals surface area contributed by atoms with E-state index in [1.165, 1.54) is 5.57 Å². The first-order chi connectivity index (χ1) is 5.72. The van der Waals surface area contributed by atoms with Crippen molar-refractivity contribution in [2.45, 2.75) is 20.3 Å². The number of allylic oxidation sites excluding steroid dienone is 4. The average Bonchev–Trinajstić information content (AvgIpc) is 2.43. The Bertz CT molecular complexity index is 130. The number of hydrogen-bond donors (Lipinski definition) is 2. The van der Waals surface area contributed by atoms with Gasteiger partial charge >= 0.3 is 0 Å². The van der Waals surface area contributed by atoms with Crippen molar-refractivity contribution in [3.63, 3.8) is 0 Å². The van der Waals surface area contributed by atoms with Crippen LogP contribution in [-0.4, -0.2) is 23.4 Å². The van der Waals surface area contributed by atoms with Crippen molar-refractivity contribution in [1.29, 1.82) is 0 Å². The zero-order valence-electron chi connectivity index (χ0n) is 13.5. The van der Waals surface area contributed by atoms with Crippen LogP contribution in [0.25, 0.3) is 0 Å². The van der Waals surface area contributed by atoms with Crippen molar-refractivity contribution in [2.24, 2.45) is 0 Å². The molecule has 2 nitrogen and oxygen atoms in total. The SMILES string of the molecule is CCO.CCO.[CH2-]C1=CC=CC1.[CH3-].[CH3-].[CH3-].[CH3-].[CH3-].[Zr]. The Kier molecular flexibility index (Phi) is 154. The zero-order chi connectivity index (χ0) is 9.82. The van der Waals surface area contributed by atoms with E-state index in [4.69, 9.17) is 10.2 Å². The van der Waals surface area contributed by atoms with E-state index in [-0.39, 0.29) is 76.6 Å². The summed E-state index contributed by atoms with van der Waals surface area (Å²) in [6.07, 6.45) is 7.21. The van der Waals surface area contributed by atoms with Gasteiger partial charge in [-0.25, -0.2) is 18.6 Å². The molecular formula is C15H34O2Zr-6. The molecule has 0 spiro atoms. The standard InChI is InChI=1S/C6H7.2C2H6O.5CH3.Zr/c1-6-4-2-3-5-6;2*1-2-3;;;;;;/h2-4H,1,5H2;2*3H,2H2,1H3;5*1H3;/q-1;;;5*-1;. The molecule has 18 heavy (non-hydrogen) atoms. The van der Waals surface area contributed by atoms with E-state index in [2.05, 4.69) is 13.0 Å². The summed E-state index contributed by atoms with van der Waals surface area (Å²) in [5.74, 6) is 0. The van der Waals surface area contributed by atoms with Crippen LogP contribution in [0.5, 0.6) is 0 Å². The fourth-order valence-electron chi connectivity index (χ4n) is 0.492. The molecule has 2 N–H and O–H groups in total. The van der Waals surface area contributed by atoms with Gasteiger partial charge in [0.15, 0.2) is 0 Å². The first kappa shape index (κ1) is 51.8. The van der Waals surface area contributed by atoms with Crippen LogP contribution in [0, 0.1) is 44.1 Å². The molecule has 0 fully saturated rings. The van der Waals surface area contributed by atoms with Crippen molar-refractivity contribution in [1.82, 2.24) is 0 Å². The molecule has 0 saturated carbocycles. The van der Waals surface area contributed by atoms with Gasteiger partial charge in [0, 0.05) is 39.4 Å². The minimum absolute atomic E-state index is 0. The Morgan fingerprint density at radius 3 is 1.33 bits per heavy atom. The monoisotopic (exact) mass is 336 g/mol. The van der Waals surface area contributed by atoms with Crippen LogP contribution in [0.1, 0.15) is 20.3 Å². The summed E-state index contributed by atoms with van der Waals surface area (Å²) < 4.78 is 0. The maximum absolute atomic E-state index is 7.57. The molecule has 0 heterocycles. The maximum atomic E-state index is 7.57. The van der Waals surface area contributed by atoms with Crippen molar-refractivity contribution in [3.05, 3.63) is 67.9 Å². The van der Waals surface area contributed by atoms with E-state index in [1.807, 2.05) is 12.2 Å². The summed E-state index contributed by atoms with van der Waals surface area (Å²) in [7, 11) is 0. The second kappa shape index (κ2) is 53.4. The predicted octanol–water partition coefficient (Wildman–Crippen LogP) is 3.95. The summed E-state index contributed by atoms with van der Waals surface area (Å²) in [6.45, 7) is 7.60. The van der Waals surface area contributed by atoms with E-state index in [1.54, 1.807) is 13.8 Å². The Morgan fingerprint density at radius 2 is 1.28 bits per heavy atom. The van der Waals surface area contributed by atoms with Crippen LogP contribution in [0.2, 0.25) is 0 Å². The van der Waals surface area contributed by atoms with Gasteiger partial charge in [-0.3, -0.25) is 0 Å². The fraction of sp³-hybridized carbons (Fsp3) is 0.333. The molecule has 116 valence electrons. The van der Waals surface area contributed by atoms with E-state index in [9.17, 15) is 0 Å². The molecule has 3 heteroatoms. The van der Waals surface area contributed by atoms with E-state index in [0.29, 0.717) is 0 Å². The number of aliphatic hydroxyl groups excluding tert-OH is 2. The van der Waals surface area contributed by atoms with Gasteiger partial charge in [0.1, 0.15) is 0 Å².